The van der Waals surface area contributed by atoms with Crippen LogP contribution in [0.1, 0.15) is 23.4 Å². The van der Waals surface area contributed by atoms with Gasteiger partial charge in [0.1, 0.15) is 0 Å². The molecule has 1 aromatic carbocycles. The number of benzene rings is 1. The van der Waals surface area contributed by atoms with Crippen LogP contribution in [0.2, 0.25) is 0 Å². The van der Waals surface area contributed by atoms with E-state index in [-0.39, 0.29) is 6.04 Å². The van der Waals surface area contributed by atoms with Crippen LogP contribution >= 0.6 is 11.3 Å². The number of hydrogen-bond donors (Lipinski definition) is 0. The van der Waals surface area contributed by atoms with E-state index in [1.54, 1.807) is 17.4 Å². The van der Waals surface area contributed by atoms with Gasteiger partial charge in [0.05, 0.1) is 0 Å². The molecule has 1 unspecified atom stereocenters. The zero-order chi connectivity index (χ0) is 13.1. The Bertz CT molecular complexity index is 511. The summed E-state index contributed by atoms with van der Waals surface area (Å²) in [6, 6.07) is 8.53. The largest absolute Gasteiger partial charge is 0.294 e. The van der Waals surface area contributed by atoms with Gasteiger partial charge in [-0.1, -0.05) is 18.2 Å². The quantitative estimate of drug-likeness (QED) is 0.801. The Morgan fingerprint density at radius 3 is 2.67 bits per heavy atom. The van der Waals surface area contributed by atoms with Gasteiger partial charge >= 0.3 is 0 Å². The highest BCUT2D eigenvalue weighted by Crippen LogP contribution is 2.25. The van der Waals surface area contributed by atoms with E-state index in [9.17, 15) is 8.78 Å². The van der Waals surface area contributed by atoms with Crippen molar-refractivity contribution in [1.29, 1.82) is 0 Å². The molecule has 0 bridgehead atoms. The Morgan fingerprint density at radius 1 is 1.22 bits per heavy atom. The molecule has 0 saturated heterocycles. The van der Waals surface area contributed by atoms with Crippen molar-refractivity contribution in [3.05, 3.63) is 57.8 Å². The molecule has 1 aromatic heterocycles. The lowest BCUT2D eigenvalue weighted by Gasteiger charge is -2.24. The van der Waals surface area contributed by atoms with Crippen molar-refractivity contribution in [1.82, 2.24) is 4.90 Å². The first-order chi connectivity index (χ1) is 8.59. The van der Waals surface area contributed by atoms with Crippen molar-refractivity contribution in [2.45, 2.75) is 19.5 Å². The monoisotopic (exact) mass is 267 g/mol. The SMILES string of the molecule is CC(c1cccs1)N(C)Cc1cccc(F)c1F. The maximum absolute atomic E-state index is 13.6. The fourth-order valence-corrected chi connectivity index (χ4v) is 2.67. The molecule has 96 valence electrons. The van der Waals surface area contributed by atoms with Crippen LogP contribution in [-0.2, 0) is 6.54 Å². The number of halogens is 2. The molecule has 0 radical (unpaired) electrons. The van der Waals surface area contributed by atoms with Gasteiger partial charge in [0.2, 0.25) is 0 Å². The topological polar surface area (TPSA) is 3.24 Å². The zero-order valence-corrected chi connectivity index (χ0v) is 11.2. The molecule has 1 nitrogen and oxygen atoms in total. The number of thiophene rings is 1. The third-order valence-corrected chi connectivity index (χ3v) is 4.11. The number of hydrogen-bond acceptors (Lipinski definition) is 2. The first kappa shape index (κ1) is 13.2. The molecule has 1 heterocycles. The van der Waals surface area contributed by atoms with Crippen LogP contribution in [0.4, 0.5) is 8.78 Å². The molecule has 4 heteroatoms. The molecule has 2 aromatic rings. The van der Waals surface area contributed by atoms with Crippen LogP contribution in [0.5, 0.6) is 0 Å². The fourth-order valence-electron chi connectivity index (χ4n) is 1.82. The van der Waals surface area contributed by atoms with E-state index in [1.807, 2.05) is 29.5 Å². The first-order valence-electron chi connectivity index (χ1n) is 5.76. The van der Waals surface area contributed by atoms with E-state index in [1.165, 1.54) is 10.9 Å². The standard InChI is InChI=1S/C14H15F2NS/c1-10(13-7-4-8-18-13)17(2)9-11-5-3-6-12(15)14(11)16/h3-8,10H,9H2,1-2H3. The molecule has 0 spiro atoms. The van der Waals surface area contributed by atoms with Gasteiger partial charge in [-0.2, -0.15) is 0 Å². The lowest BCUT2D eigenvalue weighted by Crippen LogP contribution is -2.22. The Morgan fingerprint density at radius 2 is 2.00 bits per heavy atom. The van der Waals surface area contributed by atoms with Gasteiger partial charge in [0.25, 0.3) is 0 Å². The predicted octanol–water partition coefficient (Wildman–Crippen LogP) is 4.22. The lowest BCUT2D eigenvalue weighted by molar-refractivity contribution is 0.251. The highest BCUT2D eigenvalue weighted by atomic mass is 32.1. The first-order valence-corrected chi connectivity index (χ1v) is 6.64. The maximum atomic E-state index is 13.6. The molecule has 0 saturated carbocycles. The third-order valence-electron chi connectivity index (χ3n) is 3.07. The minimum atomic E-state index is -0.787. The van der Waals surface area contributed by atoms with Crippen molar-refractivity contribution < 1.29 is 8.78 Å². The molecular weight excluding hydrogens is 252 g/mol. The van der Waals surface area contributed by atoms with Crippen LogP contribution in [0, 0.1) is 11.6 Å². The fraction of sp³-hybridized carbons (Fsp3) is 0.286. The second kappa shape index (κ2) is 5.59. The van der Waals surface area contributed by atoms with Gasteiger partial charge < -0.3 is 0 Å². The highest BCUT2D eigenvalue weighted by molar-refractivity contribution is 7.10. The van der Waals surface area contributed by atoms with Crippen molar-refractivity contribution in [3.8, 4) is 0 Å². The number of nitrogens with zero attached hydrogens (tertiary/aromatic N) is 1. The summed E-state index contributed by atoms with van der Waals surface area (Å²) in [6.07, 6.45) is 0. The van der Waals surface area contributed by atoms with Gasteiger partial charge in [-0.3, -0.25) is 4.90 Å². The molecular formula is C14H15F2NS. The average molecular weight is 267 g/mol. The van der Waals surface area contributed by atoms with E-state index in [0.717, 1.165) is 6.07 Å². The minimum absolute atomic E-state index is 0.188. The summed E-state index contributed by atoms with van der Waals surface area (Å²) in [5.74, 6) is -1.53. The summed E-state index contributed by atoms with van der Waals surface area (Å²) < 4.78 is 26.7. The van der Waals surface area contributed by atoms with Gasteiger partial charge in [-0.15, -0.1) is 11.3 Å². The molecule has 0 aliphatic heterocycles. The minimum Gasteiger partial charge on any atom is -0.294 e. The van der Waals surface area contributed by atoms with Crippen molar-refractivity contribution in [2.24, 2.45) is 0 Å². The van der Waals surface area contributed by atoms with Crippen molar-refractivity contribution in [3.63, 3.8) is 0 Å². The third kappa shape index (κ3) is 2.76. The summed E-state index contributed by atoms with van der Waals surface area (Å²) in [5, 5.41) is 2.02. The summed E-state index contributed by atoms with van der Waals surface area (Å²) in [7, 11) is 1.91. The second-order valence-electron chi connectivity index (χ2n) is 4.32. The van der Waals surface area contributed by atoms with Crippen LogP contribution in [-0.4, -0.2) is 11.9 Å². The van der Waals surface area contributed by atoms with Gasteiger partial charge in [-0.25, -0.2) is 8.78 Å². The Balaban J connectivity index is 2.12. The Hall–Kier alpha value is -1.26. The Labute approximate surface area is 110 Å². The van der Waals surface area contributed by atoms with E-state index < -0.39 is 11.6 Å². The highest BCUT2D eigenvalue weighted by Gasteiger charge is 2.15. The second-order valence-corrected chi connectivity index (χ2v) is 5.30. The van der Waals surface area contributed by atoms with Crippen LogP contribution < -0.4 is 0 Å². The summed E-state index contributed by atoms with van der Waals surface area (Å²) in [5.41, 5.74) is 0.390. The molecule has 2 rings (SSSR count). The van der Waals surface area contributed by atoms with E-state index in [4.69, 9.17) is 0 Å². The predicted molar refractivity (Wildman–Crippen MR) is 70.6 cm³/mol. The molecule has 0 aliphatic carbocycles. The lowest BCUT2D eigenvalue weighted by atomic mass is 10.1. The van der Waals surface area contributed by atoms with Crippen LogP contribution in [0.15, 0.2) is 35.7 Å². The molecule has 0 N–H and O–H groups in total. The average Bonchev–Trinajstić information content (AvgIpc) is 2.87. The van der Waals surface area contributed by atoms with Gasteiger partial charge in [-0.05, 0) is 31.5 Å². The normalized spacial score (nSPS) is 12.9. The van der Waals surface area contributed by atoms with Crippen molar-refractivity contribution in [2.75, 3.05) is 7.05 Å². The smallest absolute Gasteiger partial charge is 0.163 e. The van der Waals surface area contributed by atoms with Gasteiger partial charge in [0, 0.05) is 23.0 Å². The van der Waals surface area contributed by atoms with Crippen molar-refractivity contribution >= 4 is 11.3 Å². The molecule has 1 atom stereocenters. The van der Waals surface area contributed by atoms with Crippen LogP contribution in [0.25, 0.3) is 0 Å². The summed E-state index contributed by atoms with van der Waals surface area (Å²) in [6.45, 7) is 2.45. The van der Waals surface area contributed by atoms with E-state index >= 15 is 0 Å². The van der Waals surface area contributed by atoms with E-state index in [2.05, 4.69) is 6.92 Å². The summed E-state index contributed by atoms with van der Waals surface area (Å²) in [4.78, 5) is 3.22. The zero-order valence-electron chi connectivity index (χ0n) is 10.4. The Kier molecular flexibility index (Phi) is 4.09. The molecule has 0 amide bonds. The maximum Gasteiger partial charge on any atom is 0.163 e. The molecule has 0 fully saturated rings. The van der Waals surface area contributed by atoms with E-state index in [0.29, 0.717) is 12.1 Å². The molecule has 0 aliphatic rings. The summed E-state index contributed by atoms with van der Waals surface area (Å²) >= 11 is 1.67. The van der Waals surface area contributed by atoms with Gasteiger partial charge in [0.15, 0.2) is 11.6 Å². The number of rotatable bonds is 4. The van der Waals surface area contributed by atoms with Crippen LogP contribution in [0.3, 0.4) is 0 Å². The molecule has 18 heavy (non-hydrogen) atoms.